The molecule has 0 amide bonds. The highest BCUT2D eigenvalue weighted by atomic mass is 16.5. The molecule has 21 heavy (non-hydrogen) atoms. The number of hydrogen-bond donors (Lipinski definition) is 0. The topological polar surface area (TPSA) is 38.8 Å². The van der Waals surface area contributed by atoms with Gasteiger partial charge in [0, 0.05) is 18.2 Å². The molecule has 2 rings (SSSR count). The maximum atomic E-state index is 12.4. The number of Topliss-reactive ketones (excluding diaryl/α,β-unsaturated/α-hetero) is 1. The van der Waals surface area contributed by atoms with Gasteiger partial charge in [0.15, 0.2) is 5.78 Å². The number of rotatable bonds is 6. The van der Waals surface area contributed by atoms with Gasteiger partial charge in [-0.3, -0.25) is 9.69 Å². The molecule has 1 saturated heterocycles. The third-order valence-electron chi connectivity index (χ3n) is 3.89. The summed E-state index contributed by atoms with van der Waals surface area (Å²) in [6.45, 7) is 8.77. The van der Waals surface area contributed by atoms with E-state index < -0.39 is 0 Å². The smallest absolute Gasteiger partial charge is 0.176 e. The van der Waals surface area contributed by atoms with Crippen molar-refractivity contribution in [3.05, 3.63) is 29.8 Å². The molecule has 1 aliphatic rings. The van der Waals surface area contributed by atoms with E-state index in [-0.39, 0.29) is 11.9 Å². The fourth-order valence-electron chi connectivity index (χ4n) is 2.66. The zero-order valence-corrected chi connectivity index (χ0v) is 13.2. The van der Waals surface area contributed by atoms with Gasteiger partial charge >= 0.3 is 0 Å². The molecule has 0 aliphatic carbocycles. The van der Waals surface area contributed by atoms with E-state index in [2.05, 4.69) is 18.7 Å². The number of carbonyl (C=O) groups is 1. The Bertz CT molecular complexity index is 458. The van der Waals surface area contributed by atoms with Gasteiger partial charge in [0.25, 0.3) is 0 Å². The van der Waals surface area contributed by atoms with Crippen molar-refractivity contribution in [3.8, 4) is 5.75 Å². The Morgan fingerprint density at radius 1 is 1.33 bits per heavy atom. The van der Waals surface area contributed by atoms with Gasteiger partial charge in [-0.1, -0.05) is 6.92 Å². The van der Waals surface area contributed by atoms with E-state index in [1.807, 2.05) is 31.2 Å². The summed E-state index contributed by atoms with van der Waals surface area (Å²) in [6, 6.07) is 7.75. The lowest BCUT2D eigenvalue weighted by Crippen LogP contribution is -2.50. The van der Waals surface area contributed by atoms with Crippen LogP contribution in [0.5, 0.6) is 5.75 Å². The average molecular weight is 291 g/mol. The summed E-state index contributed by atoms with van der Waals surface area (Å²) in [4.78, 5) is 14.7. The van der Waals surface area contributed by atoms with Crippen LogP contribution in [0.2, 0.25) is 0 Å². The predicted octanol–water partition coefficient (Wildman–Crippen LogP) is 2.77. The van der Waals surface area contributed by atoms with Crippen LogP contribution >= 0.6 is 0 Å². The summed E-state index contributed by atoms with van der Waals surface area (Å²) in [5.74, 6) is 0.964. The molecule has 1 aromatic carbocycles. The lowest BCUT2D eigenvalue weighted by Gasteiger charge is -2.37. The molecule has 116 valence electrons. The molecule has 2 unspecified atom stereocenters. The molecule has 1 fully saturated rings. The van der Waals surface area contributed by atoms with Crippen molar-refractivity contribution in [2.45, 2.75) is 39.3 Å². The van der Waals surface area contributed by atoms with Gasteiger partial charge in [0.2, 0.25) is 0 Å². The van der Waals surface area contributed by atoms with Crippen LogP contribution in [0.1, 0.15) is 37.6 Å². The van der Waals surface area contributed by atoms with Crippen LogP contribution in [-0.2, 0) is 4.74 Å². The van der Waals surface area contributed by atoms with E-state index in [4.69, 9.17) is 9.47 Å². The zero-order chi connectivity index (χ0) is 15.2. The van der Waals surface area contributed by atoms with Crippen LogP contribution in [0.15, 0.2) is 24.3 Å². The number of hydrogen-bond acceptors (Lipinski definition) is 4. The first-order valence-corrected chi connectivity index (χ1v) is 7.75. The summed E-state index contributed by atoms with van der Waals surface area (Å²) in [5.41, 5.74) is 0.743. The molecule has 0 saturated carbocycles. The fraction of sp³-hybridized carbons (Fsp3) is 0.588. The second-order valence-electron chi connectivity index (χ2n) is 5.52. The molecule has 4 nitrogen and oxygen atoms in total. The maximum absolute atomic E-state index is 12.4. The number of ether oxygens (including phenoxy) is 2. The van der Waals surface area contributed by atoms with Crippen molar-refractivity contribution in [2.24, 2.45) is 0 Å². The normalized spacial score (nSPS) is 23.0. The van der Waals surface area contributed by atoms with E-state index >= 15 is 0 Å². The van der Waals surface area contributed by atoms with E-state index in [1.54, 1.807) is 0 Å². The summed E-state index contributed by atoms with van der Waals surface area (Å²) in [5, 5.41) is 0. The summed E-state index contributed by atoms with van der Waals surface area (Å²) in [6.07, 6.45) is 1.20. The Labute approximate surface area is 127 Å². The Hall–Kier alpha value is -1.39. The largest absolute Gasteiger partial charge is 0.494 e. The number of carbonyl (C=O) groups excluding carboxylic acids is 1. The van der Waals surface area contributed by atoms with Crippen LogP contribution in [0, 0.1) is 0 Å². The van der Waals surface area contributed by atoms with Crippen molar-refractivity contribution in [3.63, 3.8) is 0 Å². The summed E-state index contributed by atoms with van der Waals surface area (Å²) in [7, 11) is 0. The number of benzene rings is 1. The second-order valence-corrected chi connectivity index (χ2v) is 5.52. The van der Waals surface area contributed by atoms with E-state index in [9.17, 15) is 4.79 Å². The Morgan fingerprint density at radius 2 is 2.05 bits per heavy atom. The molecule has 2 atom stereocenters. The highest BCUT2D eigenvalue weighted by Gasteiger charge is 2.27. The van der Waals surface area contributed by atoms with Crippen LogP contribution < -0.4 is 4.74 Å². The first-order chi connectivity index (χ1) is 10.1. The van der Waals surface area contributed by atoms with Crippen LogP contribution in [0.25, 0.3) is 0 Å². The van der Waals surface area contributed by atoms with Crippen molar-refractivity contribution in [1.29, 1.82) is 0 Å². The highest BCUT2D eigenvalue weighted by molar-refractivity contribution is 5.97. The van der Waals surface area contributed by atoms with Gasteiger partial charge < -0.3 is 9.47 Å². The molecular weight excluding hydrogens is 266 g/mol. The Balaban J connectivity index is 1.99. The van der Waals surface area contributed by atoms with Gasteiger partial charge in [0.1, 0.15) is 5.75 Å². The fourth-order valence-corrected chi connectivity index (χ4v) is 2.66. The van der Waals surface area contributed by atoms with Crippen LogP contribution in [0.4, 0.5) is 0 Å². The summed E-state index contributed by atoms with van der Waals surface area (Å²) < 4.78 is 11.1. The van der Waals surface area contributed by atoms with Gasteiger partial charge in [-0.25, -0.2) is 0 Å². The lowest BCUT2D eigenvalue weighted by molar-refractivity contribution is -0.0523. The van der Waals surface area contributed by atoms with Crippen molar-refractivity contribution >= 4 is 5.78 Å². The molecule has 0 aromatic heterocycles. The van der Waals surface area contributed by atoms with Crippen molar-refractivity contribution < 1.29 is 14.3 Å². The molecule has 0 radical (unpaired) electrons. The molecule has 1 aromatic rings. The monoisotopic (exact) mass is 291 g/mol. The first kappa shape index (κ1) is 16.0. The third kappa shape index (κ3) is 4.29. The zero-order valence-electron chi connectivity index (χ0n) is 13.2. The Kier molecular flexibility index (Phi) is 5.76. The van der Waals surface area contributed by atoms with E-state index in [0.29, 0.717) is 25.8 Å². The Morgan fingerprint density at radius 3 is 2.67 bits per heavy atom. The average Bonchev–Trinajstić information content (AvgIpc) is 2.48. The highest BCUT2D eigenvalue weighted by Crippen LogP contribution is 2.17. The maximum Gasteiger partial charge on any atom is 0.176 e. The quantitative estimate of drug-likeness (QED) is 0.756. The van der Waals surface area contributed by atoms with Gasteiger partial charge in [-0.05, 0) is 44.5 Å². The molecular formula is C17H25NO3. The van der Waals surface area contributed by atoms with Crippen molar-refractivity contribution in [1.82, 2.24) is 4.90 Å². The summed E-state index contributed by atoms with van der Waals surface area (Å²) >= 11 is 0. The molecule has 0 N–H and O–H groups in total. The molecule has 0 spiro atoms. The van der Waals surface area contributed by atoms with Crippen LogP contribution in [-0.4, -0.2) is 49.1 Å². The van der Waals surface area contributed by atoms with Gasteiger partial charge in [0.05, 0.1) is 25.9 Å². The molecule has 0 bridgehead atoms. The second kappa shape index (κ2) is 7.57. The van der Waals surface area contributed by atoms with Crippen molar-refractivity contribution in [2.75, 3.05) is 26.3 Å². The predicted molar refractivity (Wildman–Crippen MR) is 83.0 cm³/mol. The molecule has 4 heteroatoms. The minimum atomic E-state index is 0.158. The SMILES string of the molecule is CCOc1ccc(C(=O)CN2CC(C)OCC2CC)cc1. The first-order valence-electron chi connectivity index (χ1n) is 7.75. The van der Waals surface area contributed by atoms with Crippen LogP contribution in [0.3, 0.4) is 0 Å². The lowest BCUT2D eigenvalue weighted by atomic mass is 10.1. The molecule has 1 aliphatic heterocycles. The number of morpholine rings is 1. The van der Waals surface area contributed by atoms with Gasteiger partial charge in [-0.2, -0.15) is 0 Å². The number of ketones is 1. The number of nitrogens with zero attached hydrogens (tertiary/aromatic N) is 1. The minimum Gasteiger partial charge on any atom is -0.494 e. The van der Waals surface area contributed by atoms with E-state index in [1.165, 1.54) is 0 Å². The molecule has 1 heterocycles. The van der Waals surface area contributed by atoms with Gasteiger partial charge in [-0.15, -0.1) is 0 Å². The van der Waals surface area contributed by atoms with E-state index in [0.717, 1.165) is 24.3 Å². The minimum absolute atomic E-state index is 0.158. The third-order valence-corrected chi connectivity index (χ3v) is 3.89. The standard InChI is InChI=1S/C17H25NO3/c1-4-15-12-21-13(3)10-18(15)11-17(19)14-6-8-16(9-7-14)20-5-2/h6-9,13,15H,4-5,10-12H2,1-3H3.